The number of aromatic carboxylic acids is 1. The van der Waals surface area contributed by atoms with Crippen LogP contribution in [-0.4, -0.2) is 32.9 Å². The Morgan fingerprint density at radius 1 is 1.30 bits per heavy atom. The summed E-state index contributed by atoms with van der Waals surface area (Å²) in [5, 5.41) is 9.08. The standard InChI is InChI=1S/C17H18N2O4/c20-16(15-10-12(17(21)22)7-8-18-15)19(13-4-1-2-5-13)11-14-6-3-9-23-14/h3,6-10,13H,1-2,4-5,11H2,(H,21,22). The fourth-order valence-electron chi connectivity index (χ4n) is 2.98. The zero-order valence-corrected chi connectivity index (χ0v) is 12.6. The molecule has 2 heterocycles. The lowest BCUT2D eigenvalue weighted by molar-refractivity contribution is 0.0643. The summed E-state index contributed by atoms with van der Waals surface area (Å²) in [7, 11) is 0. The van der Waals surface area contributed by atoms with Gasteiger partial charge in [0.2, 0.25) is 0 Å². The van der Waals surface area contributed by atoms with E-state index in [4.69, 9.17) is 9.52 Å². The summed E-state index contributed by atoms with van der Waals surface area (Å²) >= 11 is 0. The number of carboxylic acid groups (broad SMARTS) is 1. The van der Waals surface area contributed by atoms with E-state index in [-0.39, 0.29) is 23.2 Å². The summed E-state index contributed by atoms with van der Waals surface area (Å²) in [4.78, 5) is 29.8. The van der Waals surface area contributed by atoms with Crippen molar-refractivity contribution in [2.45, 2.75) is 38.3 Å². The van der Waals surface area contributed by atoms with E-state index >= 15 is 0 Å². The third-order valence-corrected chi connectivity index (χ3v) is 4.16. The number of amides is 1. The zero-order chi connectivity index (χ0) is 16.2. The Morgan fingerprint density at radius 3 is 2.74 bits per heavy atom. The van der Waals surface area contributed by atoms with E-state index in [0.717, 1.165) is 25.7 Å². The van der Waals surface area contributed by atoms with Gasteiger partial charge >= 0.3 is 5.97 Å². The van der Waals surface area contributed by atoms with Gasteiger partial charge in [0, 0.05) is 12.2 Å². The molecule has 0 bridgehead atoms. The van der Waals surface area contributed by atoms with Crippen LogP contribution in [0.3, 0.4) is 0 Å². The number of hydrogen-bond acceptors (Lipinski definition) is 4. The van der Waals surface area contributed by atoms with E-state index in [0.29, 0.717) is 12.3 Å². The highest BCUT2D eigenvalue weighted by Gasteiger charge is 2.29. The van der Waals surface area contributed by atoms with Crippen LogP contribution < -0.4 is 0 Å². The van der Waals surface area contributed by atoms with Crippen LogP contribution in [0.5, 0.6) is 0 Å². The third kappa shape index (κ3) is 3.41. The molecule has 120 valence electrons. The van der Waals surface area contributed by atoms with Crippen LogP contribution in [0.25, 0.3) is 0 Å². The van der Waals surface area contributed by atoms with Crippen molar-refractivity contribution in [3.05, 3.63) is 53.7 Å². The second-order valence-electron chi connectivity index (χ2n) is 5.69. The average Bonchev–Trinajstić information content (AvgIpc) is 3.25. The Balaban J connectivity index is 1.87. The second-order valence-corrected chi connectivity index (χ2v) is 5.69. The number of pyridine rings is 1. The topological polar surface area (TPSA) is 83.6 Å². The lowest BCUT2D eigenvalue weighted by Gasteiger charge is -2.28. The van der Waals surface area contributed by atoms with E-state index in [1.165, 1.54) is 18.3 Å². The van der Waals surface area contributed by atoms with Crippen molar-refractivity contribution in [2.24, 2.45) is 0 Å². The number of aromatic nitrogens is 1. The maximum Gasteiger partial charge on any atom is 0.335 e. The molecule has 0 aliphatic heterocycles. The molecule has 1 aliphatic rings. The van der Waals surface area contributed by atoms with Gasteiger partial charge in [-0.05, 0) is 37.1 Å². The van der Waals surface area contributed by atoms with Crippen molar-refractivity contribution < 1.29 is 19.1 Å². The van der Waals surface area contributed by atoms with Gasteiger partial charge in [-0.2, -0.15) is 0 Å². The third-order valence-electron chi connectivity index (χ3n) is 4.16. The van der Waals surface area contributed by atoms with Crippen molar-refractivity contribution in [2.75, 3.05) is 0 Å². The minimum Gasteiger partial charge on any atom is -0.478 e. The molecule has 1 amide bonds. The van der Waals surface area contributed by atoms with Crippen LogP contribution in [-0.2, 0) is 6.54 Å². The lowest BCUT2D eigenvalue weighted by atomic mass is 10.1. The van der Waals surface area contributed by atoms with Gasteiger partial charge in [-0.3, -0.25) is 9.78 Å². The molecule has 1 aliphatic carbocycles. The summed E-state index contributed by atoms with van der Waals surface area (Å²) in [5.41, 5.74) is 0.219. The molecular weight excluding hydrogens is 296 g/mol. The first-order chi connectivity index (χ1) is 11.1. The summed E-state index contributed by atoms with van der Waals surface area (Å²) in [6.45, 7) is 0.371. The molecule has 2 aromatic heterocycles. The normalized spacial score (nSPS) is 14.8. The minimum absolute atomic E-state index is 0.0627. The Kier molecular flexibility index (Phi) is 4.41. The summed E-state index contributed by atoms with van der Waals surface area (Å²) in [5.74, 6) is -0.615. The number of furan rings is 1. The van der Waals surface area contributed by atoms with Crippen LogP contribution in [0.15, 0.2) is 41.1 Å². The van der Waals surface area contributed by atoms with E-state index in [1.807, 2.05) is 6.07 Å². The molecule has 0 saturated heterocycles. The Bertz CT molecular complexity index is 690. The summed E-state index contributed by atoms with van der Waals surface area (Å²) in [6.07, 6.45) is 7.02. The van der Waals surface area contributed by atoms with Gasteiger partial charge in [-0.25, -0.2) is 4.79 Å². The molecule has 2 aromatic rings. The molecule has 0 aromatic carbocycles. The van der Waals surface area contributed by atoms with Crippen LogP contribution in [0.4, 0.5) is 0 Å². The molecule has 1 N–H and O–H groups in total. The fourth-order valence-corrected chi connectivity index (χ4v) is 2.98. The largest absolute Gasteiger partial charge is 0.478 e. The maximum absolute atomic E-state index is 12.9. The number of carbonyl (C=O) groups excluding carboxylic acids is 1. The number of carboxylic acids is 1. The quantitative estimate of drug-likeness (QED) is 0.917. The van der Waals surface area contributed by atoms with Gasteiger partial charge < -0.3 is 14.4 Å². The van der Waals surface area contributed by atoms with Crippen molar-refractivity contribution in [3.63, 3.8) is 0 Å². The minimum atomic E-state index is -1.07. The predicted octanol–water partition coefficient (Wildman–Crippen LogP) is 2.96. The molecule has 0 atom stereocenters. The Labute approximate surface area is 133 Å². The van der Waals surface area contributed by atoms with Crippen molar-refractivity contribution in [1.82, 2.24) is 9.88 Å². The van der Waals surface area contributed by atoms with E-state index in [2.05, 4.69) is 4.98 Å². The number of nitrogens with zero attached hydrogens (tertiary/aromatic N) is 2. The number of hydrogen-bond donors (Lipinski definition) is 1. The van der Waals surface area contributed by atoms with E-state index < -0.39 is 5.97 Å². The highest BCUT2D eigenvalue weighted by Crippen LogP contribution is 2.26. The van der Waals surface area contributed by atoms with Gasteiger partial charge in [0.05, 0.1) is 18.4 Å². The number of carbonyl (C=O) groups is 2. The molecule has 0 radical (unpaired) electrons. The Morgan fingerprint density at radius 2 is 2.09 bits per heavy atom. The molecule has 23 heavy (non-hydrogen) atoms. The lowest BCUT2D eigenvalue weighted by Crippen LogP contribution is -2.38. The maximum atomic E-state index is 12.9. The van der Waals surface area contributed by atoms with Crippen LogP contribution >= 0.6 is 0 Å². The molecule has 6 heteroatoms. The molecule has 6 nitrogen and oxygen atoms in total. The van der Waals surface area contributed by atoms with E-state index in [1.54, 1.807) is 17.2 Å². The van der Waals surface area contributed by atoms with Crippen LogP contribution in [0, 0.1) is 0 Å². The first kappa shape index (κ1) is 15.3. The predicted molar refractivity (Wildman–Crippen MR) is 82.0 cm³/mol. The van der Waals surface area contributed by atoms with Gasteiger partial charge in [0.25, 0.3) is 5.91 Å². The van der Waals surface area contributed by atoms with Gasteiger partial charge in [0.15, 0.2) is 0 Å². The highest BCUT2D eigenvalue weighted by molar-refractivity contribution is 5.96. The molecule has 0 spiro atoms. The van der Waals surface area contributed by atoms with Crippen molar-refractivity contribution >= 4 is 11.9 Å². The molecule has 0 unspecified atom stereocenters. The Hall–Kier alpha value is -2.63. The smallest absolute Gasteiger partial charge is 0.335 e. The SMILES string of the molecule is O=C(O)c1ccnc(C(=O)N(Cc2ccco2)C2CCCC2)c1. The van der Waals surface area contributed by atoms with Gasteiger partial charge in [-0.15, -0.1) is 0 Å². The van der Waals surface area contributed by atoms with Gasteiger partial charge in [0.1, 0.15) is 11.5 Å². The first-order valence-corrected chi connectivity index (χ1v) is 7.68. The van der Waals surface area contributed by atoms with Gasteiger partial charge in [-0.1, -0.05) is 12.8 Å². The highest BCUT2D eigenvalue weighted by atomic mass is 16.4. The van der Waals surface area contributed by atoms with Crippen molar-refractivity contribution in [3.8, 4) is 0 Å². The first-order valence-electron chi connectivity index (χ1n) is 7.68. The fraction of sp³-hybridized carbons (Fsp3) is 0.353. The molecule has 1 saturated carbocycles. The molecular formula is C17H18N2O4. The van der Waals surface area contributed by atoms with E-state index in [9.17, 15) is 9.59 Å². The summed E-state index contributed by atoms with van der Waals surface area (Å²) in [6, 6.07) is 6.47. The molecule has 1 fully saturated rings. The van der Waals surface area contributed by atoms with Crippen LogP contribution in [0.2, 0.25) is 0 Å². The van der Waals surface area contributed by atoms with Crippen molar-refractivity contribution in [1.29, 1.82) is 0 Å². The monoisotopic (exact) mass is 314 g/mol. The average molecular weight is 314 g/mol. The zero-order valence-electron chi connectivity index (χ0n) is 12.6. The van der Waals surface area contributed by atoms with Crippen LogP contribution in [0.1, 0.15) is 52.3 Å². The number of rotatable bonds is 5. The second kappa shape index (κ2) is 6.64. The molecule has 3 rings (SSSR count). The summed E-state index contributed by atoms with van der Waals surface area (Å²) < 4.78 is 5.36.